The minimum absolute atomic E-state index is 0.120. The molecule has 0 heterocycles. The van der Waals surface area contributed by atoms with E-state index in [0.717, 1.165) is 11.1 Å². The van der Waals surface area contributed by atoms with Gasteiger partial charge in [-0.05, 0) is 30.2 Å². The van der Waals surface area contributed by atoms with Crippen LogP contribution in [0.2, 0.25) is 0 Å². The van der Waals surface area contributed by atoms with Gasteiger partial charge in [0.1, 0.15) is 0 Å². The standard InChI is InChI=1S/C12H12OS/c1-14(2)12-8-7-11(13)9-5-3-4-6-10(9)12/h3-8H,1-2H3. The first-order valence-electron chi connectivity index (χ1n) is 4.46. The number of benzene rings is 1. The Morgan fingerprint density at radius 1 is 1.00 bits per heavy atom. The quantitative estimate of drug-likeness (QED) is 0.593. The van der Waals surface area contributed by atoms with Crippen LogP contribution >= 0.6 is 10.5 Å². The molecule has 0 radical (unpaired) electrons. The monoisotopic (exact) mass is 204 g/mol. The van der Waals surface area contributed by atoms with Gasteiger partial charge in [0.25, 0.3) is 0 Å². The summed E-state index contributed by atoms with van der Waals surface area (Å²) in [7, 11) is 0.199. The molecule has 0 spiro atoms. The summed E-state index contributed by atoms with van der Waals surface area (Å²) in [4.78, 5) is 12.8. The Morgan fingerprint density at radius 3 is 2.29 bits per heavy atom. The van der Waals surface area contributed by atoms with Crippen molar-refractivity contribution in [3.8, 4) is 0 Å². The summed E-state index contributed by atoms with van der Waals surface area (Å²) in [6.07, 6.45) is 7.97. The van der Waals surface area contributed by atoms with E-state index < -0.39 is 0 Å². The van der Waals surface area contributed by atoms with Gasteiger partial charge in [-0.3, -0.25) is 4.79 Å². The summed E-state index contributed by atoms with van der Waals surface area (Å²) in [6.45, 7) is 0. The Bertz CT molecular complexity index is 451. The zero-order valence-electron chi connectivity index (χ0n) is 8.28. The van der Waals surface area contributed by atoms with Gasteiger partial charge in [-0.2, -0.15) is 10.5 Å². The molecule has 1 aromatic rings. The van der Waals surface area contributed by atoms with Gasteiger partial charge in [0, 0.05) is 10.4 Å². The summed E-state index contributed by atoms with van der Waals surface area (Å²) in [5.41, 5.74) is 1.94. The van der Waals surface area contributed by atoms with E-state index >= 15 is 0 Å². The van der Waals surface area contributed by atoms with Gasteiger partial charge in [-0.25, -0.2) is 0 Å². The summed E-state index contributed by atoms with van der Waals surface area (Å²) in [5, 5.41) is 0. The second-order valence-electron chi connectivity index (χ2n) is 3.42. The molecule has 72 valence electrons. The van der Waals surface area contributed by atoms with E-state index in [1.807, 2.05) is 30.3 Å². The molecule has 14 heavy (non-hydrogen) atoms. The maximum absolute atomic E-state index is 11.6. The minimum atomic E-state index is 0.120. The molecule has 0 saturated carbocycles. The van der Waals surface area contributed by atoms with Crippen molar-refractivity contribution in [3.63, 3.8) is 0 Å². The fraction of sp³-hybridized carbons (Fsp3) is 0.167. The Balaban J connectivity index is 2.71. The van der Waals surface area contributed by atoms with Gasteiger partial charge >= 0.3 is 0 Å². The van der Waals surface area contributed by atoms with Gasteiger partial charge < -0.3 is 0 Å². The highest BCUT2D eigenvalue weighted by atomic mass is 32.2. The third kappa shape index (κ3) is 1.46. The lowest BCUT2D eigenvalue weighted by Crippen LogP contribution is -2.11. The van der Waals surface area contributed by atoms with Crippen molar-refractivity contribution in [2.45, 2.75) is 0 Å². The number of hydrogen-bond acceptors (Lipinski definition) is 1. The van der Waals surface area contributed by atoms with Crippen LogP contribution in [0.1, 0.15) is 15.9 Å². The van der Waals surface area contributed by atoms with Crippen molar-refractivity contribution in [2.75, 3.05) is 12.5 Å². The Morgan fingerprint density at radius 2 is 1.64 bits per heavy atom. The molecular formula is C12H12OS. The molecular weight excluding hydrogens is 192 g/mol. The molecule has 0 aromatic heterocycles. The summed E-state index contributed by atoms with van der Waals surface area (Å²) < 4.78 is 0. The topological polar surface area (TPSA) is 17.1 Å². The molecule has 0 fully saturated rings. The largest absolute Gasteiger partial charge is 0.289 e. The van der Waals surface area contributed by atoms with Crippen molar-refractivity contribution in [1.82, 2.24) is 0 Å². The van der Waals surface area contributed by atoms with E-state index in [4.69, 9.17) is 0 Å². The lowest BCUT2D eigenvalue weighted by atomic mass is 9.96. The molecule has 0 N–H and O–H groups in total. The highest BCUT2D eigenvalue weighted by Gasteiger charge is 2.15. The van der Waals surface area contributed by atoms with Crippen LogP contribution in [0.5, 0.6) is 0 Å². The summed E-state index contributed by atoms with van der Waals surface area (Å²) >= 11 is 0. The number of carbonyl (C=O) groups excluding carboxylic acids is 1. The smallest absolute Gasteiger partial charge is 0.186 e. The molecule has 1 aromatic carbocycles. The average Bonchev–Trinajstić information content (AvgIpc) is 2.18. The molecule has 0 atom stereocenters. The third-order valence-corrected chi connectivity index (χ3v) is 3.52. The fourth-order valence-corrected chi connectivity index (χ4v) is 2.56. The van der Waals surface area contributed by atoms with Crippen molar-refractivity contribution in [3.05, 3.63) is 47.5 Å². The fourth-order valence-electron chi connectivity index (χ4n) is 1.60. The van der Waals surface area contributed by atoms with E-state index in [-0.39, 0.29) is 16.3 Å². The molecule has 0 bridgehead atoms. The Kier molecular flexibility index (Phi) is 2.38. The van der Waals surface area contributed by atoms with E-state index in [9.17, 15) is 4.79 Å². The molecule has 0 unspecified atom stereocenters. The number of carbonyl (C=O) groups is 1. The highest BCUT2D eigenvalue weighted by Crippen LogP contribution is 2.21. The lowest BCUT2D eigenvalue weighted by molar-refractivity contribution is 0.104. The van der Waals surface area contributed by atoms with E-state index in [1.165, 1.54) is 4.86 Å². The zero-order valence-corrected chi connectivity index (χ0v) is 9.10. The van der Waals surface area contributed by atoms with Crippen LogP contribution in [0.15, 0.2) is 36.4 Å². The average molecular weight is 204 g/mol. The van der Waals surface area contributed by atoms with Crippen LogP contribution in [0.25, 0.3) is 0 Å². The maximum Gasteiger partial charge on any atom is 0.186 e. The predicted molar refractivity (Wildman–Crippen MR) is 63.5 cm³/mol. The van der Waals surface area contributed by atoms with Crippen LogP contribution in [0, 0.1) is 0 Å². The molecule has 1 aliphatic rings. The van der Waals surface area contributed by atoms with Crippen molar-refractivity contribution < 1.29 is 4.79 Å². The normalized spacial score (nSPS) is 14.8. The van der Waals surface area contributed by atoms with Gasteiger partial charge in [-0.1, -0.05) is 24.3 Å². The Labute approximate surface area is 86.4 Å². The van der Waals surface area contributed by atoms with Crippen LogP contribution in [0.4, 0.5) is 0 Å². The predicted octanol–water partition coefficient (Wildman–Crippen LogP) is 2.49. The molecule has 0 aliphatic heterocycles. The Hall–Kier alpha value is -1.15. The number of rotatable bonds is 0. The zero-order chi connectivity index (χ0) is 10.1. The molecule has 0 amide bonds. The van der Waals surface area contributed by atoms with E-state index in [0.29, 0.717) is 0 Å². The molecule has 2 heteroatoms. The van der Waals surface area contributed by atoms with Crippen molar-refractivity contribution >= 4 is 21.1 Å². The van der Waals surface area contributed by atoms with Crippen LogP contribution < -0.4 is 0 Å². The summed E-state index contributed by atoms with van der Waals surface area (Å²) in [5.74, 6) is 0.120. The molecule has 2 rings (SSSR count). The van der Waals surface area contributed by atoms with Crippen molar-refractivity contribution in [2.24, 2.45) is 0 Å². The van der Waals surface area contributed by atoms with E-state index in [2.05, 4.69) is 12.5 Å². The minimum Gasteiger partial charge on any atom is -0.289 e. The van der Waals surface area contributed by atoms with Crippen LogP contribution in [-0.4, -0.2) is 23.2 Å². The van der Waals surface area contributed by atoms with Gasteiger partial charge in [0.05, 0.1) is 0 Å². The van der Waals surface area contributed by atoms with Gasteiger partial charge in [-0.15, -0.1) is 0 Å². The maximum atomic E-state index is 11.6. The van der Waals surface area contributed by atoms with Crippen molar-refractivity contribution in [1.29, 1.82) is 0 Å². The lowest BCUT2D eigenvalue weighted by Gasteiger charge is -2.14. The molecule has 1 nitrogen and oxygen atoms in total. The third-order valence-electron chi connectivity index (χ3n) is 2.28. The summed E-state index contributed by atoms with van der Waals surface area (Å²) in [6, 6.07) is 7.82. The van der Waals surface area contributed by atoms with Crippen LogP contribution in [-0.2, 0) is 0 Å². The van der Waals surface area contributed by atoms with E-state index in [1.54, 1.807) is 6.08 Å². The van der Waals surface area contributed by atoms with Crippen LogP contribution in [0.3, 0.4) is 0 Å². The van der Waals surface area contributed by atoms with Gasteiger partial charge in [0.15, 0.2) is 5.78 Å². The second kappa shape index (κ2) is 3.54. The highest BCUT2D eigenvalue weighted by molar-refractivity contribution is 8.15. The number of allylic oxidation sites excluding steroid dienone is 2. The SMILES string of the molecule is CS(C)=C1C=CC(=O)c2ccccc21. The molecule has 1 aliphatic carbocycles. The number of fused-ring (bicyclic) bond motifs is 1. The number of hydrogen-bond donors (Lipinski definition) is 0. The second-order valence-corrected chi connectivity index (χ2v) is 5.50. The number of ketones is 1. The first-order valence-corrected chi connectivity index (χ1v) is 6.50. The first kappa shape index (κ1) is 9.41. The van der Waals surface area contributed by atoms with Gasteiger partial charge in [0.2, 0.25) is 0 Å². The first-order chi connectivity index (χ1) is 6.70. The molecule has 0 saturated heterocycles.